The van der Waals surface area contributed by atoms with Crippen LogP contribution in [-0.2, 0) is 4.79 Å². The minimum Gasteiger partial charge on any atom is -0.347 e. The van der Waals surface area contributed by atoms with Crippen molar-refractivity contribution in [3.8, 4) is 11.1 Å². The molecular formula is C24H21ClN2O2S. The molecule has 3 aliphatic rings. The number of nitrogens with one attached hydrogen (secondary N) is 1. The van der Waals surface area contributed by atoms with E-state index in [0.29, 0.717) is 29.4 Å². The Hall–Kier alpha value is -2.37. The van der Waals surface area contributed by atoms with E-state index in [2.05, 4.69) is 41.7 Å². The minimum absolute atomic E-state index is 0.0386. The summed E-state index contributed by atoms with van der Waals surface area (Å²) in [7, 11) is 0. The molecule has 1 aromatic heterocycles. The van der Waals surface area contributed by atoms with Crippen molar-refractivity contribution in [1.29, 1.82) is 0 Å². The molecule has 1 N–H and O–H groups in total. The van der Waals surface area contributed by atoms with Crippen LogP contribution in [0.25, 0.3) is 21.2 Å². The van der Waals surface area contributed by atoms with Crippen molar-refractivity contribution >= 4 is 44.8 Å². The molecule has 0 unspecified atom stereocenters. The van der Waals surface area contributed by atoms with Gasteiger partial charge in [-0.15, -0.1) is 11.3 Å². The molecule has 0 bridgehead atoms. The molecule has 6 rings (SSSR count). The Morgan fingerprint density at radius 2 is 1.83 bits per heavy atom. The van der Waals surface area contributed by atoms with Crippen molar-refractivity contribution < 1.29 is 9.59 Å². The molecule has 3 aromatic rings. The van der Waals surface area contributed by atoms with Gasteiger partial charge < -0.3 is 10.2 Å². The van der Waals surface area contributed by atoms with Crippen LogP contribution in [0.2, 0.25) is 5.02 Å². The second kappa shape index (κ2) is 6.56. The average molecular weight is 437 g/mol. The number of nitrogens with zero attached hydrogens (tertiary/aromatic N) is 1. The van der Waals surface area contributed by atoms with E-state index in [1.54, 1.807) is 4.90 Å². The Morgan fingerprint density at radius 1 is 1.10 bits per heavy atom. The quantitative estimate of drug-likeness (QED) is 0.613. The fraction of sp³-hybridized carbons (Fsp3) is 0.333. The molecule has 1 saturated carbocycles. The first-order valence-electron chi connectivity index (χ1n) is 10.4. The van der Waals surface area contributed by atoms with Crippen LogP contribution in [0.1, 0.15) is 46.8 Å². The molecule has 30 heavy (non-hydrogen) atoms. The number of halogens is 1. The van der Waals surface area contributed by atoms with Gasteiger partial charge in [-0.25, -0.2) is 0 Å². The Morgan fingerprint density at radius 3 is 2.50 bits per heavy atom. The number of fused-ring (bicyclic) bond motifs is 1. The molecule has 2 saturated heterocycles. The SMILES string of the molecule is O=C1CCC2(CN(C(=O)c3sc4cc(-c5ccc(C6CC6)cc5)ccc4c3Cl)C2)N1. The number of amides is 2. The van der Waals surface area contributed by atoms with Gasteiger partial charge in [-0.3, -0.25) is 9.59 Å². The summed E-state index contributed by atoms with van der Waals surface area (Å²) in [6, 6.07) is 15.1. The van der Waals surface area contributed by atoms with Crippen LogP contribution in [0.4, 0.5) is 0 Å². The molecule has 4 nitrogen and oxygen atoms in total. The molecule has 3 heterocycles. The van der Waals surface area contributed by atoms with Gasteiger partial charge >= 0.3 is 0 Å². The zero-order chi connectivity index (χ0) is 20.5. The number of thiophene rings is 1. The highest BCUT2D eigenvalue weighted by Gasteiger charge is 2.49. The highest BCUT2D eigenvalue weighted by atomic mass is 35.5. The van der Waals surface area contributed by atoms with Crippen LogP contribution in [0.5, 0.6) is 0 Å². The molecule has 1 spiro atoms. The summed E-state index contributed by atoms with van der Waals surface area (Å²) < 4.78 is 1.02. The fourth-order valence-electron chi connectivity index (χ4n) is 4.73. The third-order valence-corrected chi connectivity index (χ3v) is 8.27. The number of rotatable bonds is 3. The van der Waals surface area contributed by atoms with Crippen molar-refractivity contribution in [2.75, 3.05) is 13.1 Å². The molecule has 2 aliphatic heterocycles. The van der Waals surface area contributed by atoms with Gasteiger partial charge in [0, 0.05) is 29.6 Å². The first-order valence-corrected chi connectivity index (χ1v) is 11.6. The number of likely N-dealkylation sites (tertiary alicyclic amines) is 1. The van der Waals surface area contributed by atoms with E-state index in [1.807, 2.05) is 6.07 Å². The largest absolute Gasteiger partial charge is 0.347 e. The van der Waals surface area contributed by atoms with E-state index >= 15 is 0 Å². The summed E-state index contributed by atoms with van der Waals surface area (Å²) in [6.45, 7) is 1.14. The highest BCUT2D eigenvalue weighted by molar-refractivity contribution is 7.21. The topological polar surface area (TPSA) is 49.4 Å². The van der Waals surface area contributed by atoms with Crippen LogP contribution in [0.15, 0.2) is 42.5 Å². The summed E-state index contributed by atoms with van der Waals surface area (Å²) in [5, 5.41) is 4.48. The summed E-state index contributed by atoms with van der Waals surface area (Å²) in [5.41, 5.74) is 3.53. The smallest absolute Gasteiger partial charge is 0.265 e. The fourth-order valence-corrected chi connectivity index (χ4v) is 6.25. The van der Waals surface area contributed by atoms with E-state index < -0.39 is 0 Å². The van der Waals surface area contributed by atoms with Gasteiger partial charge in [-0.1, -0.05) is 48.0 Å². The minimum atomic E-state index is -0.213. The average Bonchev–Trinajstić information content (AvgIpc) is 3.43. The predicted molar refractivity (Wildman–Crippen MR) is 120 cm³/mol. The van der Waals surface area contributed by atoms with Gasteiger partial charge in [0.25, 0.3) is 5.91 Å². The van der Waals surface area contributed by atoms with Gasteiger partial charge in [0.15, 0.2) is 0 Å². The van der Waals surface area contributed by atoms with Crippen LogP contribution in [0, 0.1) is 0 Å². The molecular weight excluding hydrogens is 416 g/mol. The van der Waals surface area contributed by atoms with Crippen molar-refractivity contribution in [2.24, 2.45) is 0 Å². The lowest BCUT2D eigenvalue weighted by Crippen LogP contribution is -2.68. The van der Waals surface area contributed by atoms with Crippen molar-refractivity contribution in [2.45, 2.75) is 37.1 Å². The van der Waals surface area contributed by atoms with Gasteiger partial charge in [0.1, 0.15) is 4.88 Å². The van der Waals surface area contributed by atoms with Crippen LogP contribution in [-0.4, -0.2) is 35.3 Å². The lowest BCUT2D eigenvalue weighted by atomic mass is 9.88. The summed E-state index contributed by atoms with van der Waals surface area (Å²) in [6.07, 6.45) is 3.97. The monoisotopic (exact) mass is 436 g/mol. The number of hydrogen-bond donors (Lipinski definition) is 1. The maximum atomic E-state index is 13.0. The third-order valence-electron chi connectivity index (χ3n) is 6.63. The van der Waals surface area contributed by atoms with Crippen LogP contribution < -0.4 is 5.32 Å². The van der Waals surface area contributed by atoms with Gasteiger partial charge in [0.2, 0.25) is 5.91 Å². The standard InChI is InChI=1S/C24H21ClN2O2S/c25-21-18-8-7-17(16-5-3-15(4-6-16)14-1-2-14)11-19(18)30-22(21)23(29)27-12-24(13-27)10-9-20(28)26-24/h3-8,11,14H,1-2,9-10,12-13H2,(H,26,28). The van der Waals surface area contributed by atoms with E-state index in [1.165, 1.54) is 35.3 Å². The molecule has 2 amide bonds. The maximum absolute atomic E-state index is 13.0. The normalized spacial score (nSPS) is 19.9. The number of carbonyl (C=O) groups excluding carboxylic acids is 2. The zero-order valence-electron chi connectivity index (χ0n) is 16.4. The predicted octanol–water partition coefficient (Wildman–Crippen LogP) is 5.20. The Kier molecular flexibility index (Phi) is 4.03. The second-order valence-corrected chi connectivity index (χ2v) is 10.3. The Balaban J connectivity index is 1.26. The molecule has 3 fully saturated rings. The molecule has 1 aliphatic carbocycles. The van der Waals surface area contributed by atoms with E-state index in [0.717, 1.165) is 28.0 Å². The molecule has 0 atom stereocenters. The highest BCUT2D eigenvalue weighted by Crippen LogP contribution is 2.42. The molecule has 152 valence electrons. The molecule has 0 radical (unpaired) electrons. The summed E-state index contributed by atoms with van der Waals surface area (Å²) >= 11 is 8.06. The van der Waals surface area contributed by atoms with Crippen molar-refractivity contribution in [3.63, 3.8) is 0 Å². The van der Waals surface area contributed by atoms with Crippen LogP contribution in [0.3, 0.4) is 0 Å². The maximum Gasteiger partial charge on any atom is 0.265 e. The van der Waals surface area contributed by atoms with E-state index in [4.69, 9.17) is 11.6 Å². The summed E-state index contributed by atoms with van der Waals surface area (Å²) in [5.74, 6) is 0.799. The van der Waals surface area contributed by atoms with Gasteiger partial charge in [0.05, 0.1) is 10.6 Å². The third kappa shape index (κ3) is 2.95. The first kappa shape index (κ1) is 18.4. The molecule has 2 aromatic carbocycles. The number of benzene rings is 2. The van der Waals surface area contributed by atoms with Crippen molar-refractivity contribution in [3.05, 3.63) is 57.9 Å². The lowest BCUT2D eigenvalue weighted by Gasteiger charge is -2.47. The number of carbonyl (C=O) groups is 2. The lowest BCUT2D eigenvalue weighted by molar-refractivity contribution is -0.120. The number of hydrogen-bond acceptors (Lipinski definition) is 3. The van der Waals surface area contributed by atoms with Gasteiger partial charge in [-0.2, -0.15) is 0 Å². The Labute approximate surface area is 183 Å². The van der Waals surface area contributed by atoms with Gasteiger partial charge in [-0.05, 0) is 47.9 Å². The Bertz CT molecular complexity index is 1190. The van der Waals surface area contributed by atoms with Crippen LogP contribution >= 0.6 is 22.9 Å². The van der Waals surface area contributed by atoms with Crippen molar-refractivity contribution in [1.82, 2.24) is 10.2 Å². The first-order chi connectivity index (χ1) is 14.5. The van der Waals surface area contributed by atoms with E-state index in [9.17, 15) is 9.59 Å². The van der Waals surface area contributed by atoms with E-state index in [-0.39, 0.29) is 17.4 Å². The second-order valence-electron chi connectivity index (χ2n) is 8.84. The summed E-state index contributed by atoms with van der Waals surface area (Å²) in [4.78, 5) is 27.0. The zero-order valence-corrected chi connectivity index (χ0v) is 18.0. The molecule has 6 heteroatoms.